The van der Waals surface area contributed by atoms with Gasteiger partial charge in [-0.3, -0.25) is 0 Å². The lowest BCUT2D eigenvalue weighted by Gasteiger charge is -2.23. The average molecular weight is 243 g/mol. The Morgan fingerprint density at radius 1 is 1.50 bits per heavy atom. The first-order chi connectivity index (χ1) is 6.14. The van der Waals surface area contributed by atoms with E-state index in [0.29, 0.717) is 6.42 Å². The highest BCUT2D eigenvalue weighted by molar-refractivity contribution is 7.89. The van der Waals surface area contributed by atoms with Gasteiger partial charge >= 0.3 is 0 Å². The number of hydrogen-bond acceptors (Lipinski definition) is 3. The molecule has 0 aliphatic carbocycles. The van der Waals surface area contributed by atoms with Gasteiger partial charge in [-0.1, -0.05) is 6.92 Å². The summed E-state index contributed by atoms with van der Waals surface area (Å²) in [5.74, 6) is 0.240. The highest BCUT2D eigenvalue weighted by Gasteiger charge is 2.18. The lowest BCUT2D eigenvalue weighted by molar-refractivity contribution is 0.428. The number of halogens is 1. The molecule has 0 saturated carbocycles. The van der Waals surface area contributed by atoms with E-state index < -0.39 is 10.0 Å². The van der Waals surface area contributed by atoms with Gasteiger partial charge < -0.3 is 5.32 Å². The van der Waals surface area contributed by atoms with Gasteiger partial charge in [0.1, 0.15) is 0 Å². The summed E-state index contributed by atoms with van der Waals surface area (Å²) in [6, 6.07) is 0.102. The fourth-order valence-corrected chi connectivity index (χ4v) is 2.90. The maximum atomic E-state index is 11.4. The van der Waals surface area contributed by atoms with Crippen LogP contribution in [0.15, 0.2) is 0 Å². The molecule has 86 valence electrons. The van der Waals surface area contributed by atoms with Crippen LogP contribution in [0.2, 0.25) is 0 Å². The number of rotatable bonds is 4. The molecule has 0 amide bonds. The molecule has 2 N–H and O–H groups in total. The maximum absolute atomic E-state index is 11.4. The van der Waals surface area contributed by atoms with Crippen LogP contribution in [0.4, 0.5) is 0 Å². The highest BCUT2D eigenvalue weighted by Crippen LogP contribution is 2.03. The predicted octanol–water partition coefficient (Wildman–Crippen LogP) is 0.490. The summed E-state index contributed by atoms with van der Waals surface area (Å²) in [6.07, 6.45) is 2.69. The molecule has 0 unspecified atom stereocenters. The Balaban J connectivity index is 0.00000169. The van der Waals surface area contributed by atoms with Crippen molar-refractivity contribution in [1.29, 1.82) is 0 Å². The third-order valence-corrected chi connectivity index (χ3v) is 3.75. The van der Waals surface area contributed by atoms with Gasteiger partial charge in [0.15, 0.2) is 0 Å². The number of hydrogen-bond donors (Lipinski definition) is 2. The number of piperidine rings is 1. The molecule has 14 heavy (non-hydrogen) atoms. The summed E-state index contributed by atoms with van der Waals surface area (Å²) < 4.78 is 25.4. The molecule has 1 atom stereocenters. The molecule has 1 saturated heterocycles. The Labute approximate surface area is 92.3 Å². The minimum atomic E-state index is -3.02. The fraction of sp³-hybridized carbons (Fsp3) is 1.00. The van der Waals surface area contributed by atoms with Crippen molar-refractivity contribution in [3.8, 4) is 0 Å². The van der Waals surface area contributed by atoms with Gasteiger partial charge in [-0.2, -0.15) is 0 Å². The zero-order valence-corrected chi connectivity index (χ0v) is 10.1. The van der Waals surface area contributed by atoms with E-state index in [0.717, 1.165) is 25.9 Å². The molecule has 0 bridgehead atoms. The van der Waals surface area contributed by atoms with E-state index in [2.05, 4.69) is 10.0 Å². The van der Waals surface area contributed by atoms with Gasteiger partial charge in [0.05, 0.1) is 5.75 Å². The molecule has 0 aromatic heterocycles. The van der Waals surface area contributed by atoms with Crippen LogP contribution in [0, 0.1) is 0 Å². The standard InChI is InChI=1S/C8H18N2O2S.ClH/c1-2-6-13(11,12)10-8-4-3-5-9-7-8;/h8-10H,2-7H2,1H3;1H/t8-;/m0./s1. The minimum Gasteiger partial charge on any atom is -0.315 e. The Hall–Kier alpha value is 0.160. The van der Waals surface area contributed by atoms with E-state index in [1.807, 2.05) is 6.92 Å². The van der Waals surface area contributed by atoms with Crippen molar-refractivity contribution in [2.24, 2.45) is 0 Å². The molecule has 1 heterocycles. The largest absolute Gasteiger partial charge is 0.315 e. The summed E-state index contributed by atoms with van der Waals surface area (Å²) in [6.45, 7) is 3.65. The number of sulfonamides is 1. The average Bonchev–Trinajstić information content (AvgIpc) is 2.04. The van der Waals surface area contributed by atoms with Crippen molar-refractivity contribution in [1.82, 2.24) is 10.0 Å². The van der Waals surface area contributed by atoms with E-state index >= 15 is 0 Å². The summed E-state index contributed by atoms with van der Waals surface area (Å²) >= 11 is 0. The van der Waals surface area contributed by atoms with E-state index in [9.17, 15) is 8.42 Å². The molecular weight excluding hydrogens is 224 g/mol. The first-order valence-corrected chi connectivity index (χ1v) is 6.50. The van der Waals surface area contributed by atoms with E-state index in [4.69, 9.17) is 0 Å². The first kappa shape index (κ1) is 14.2. The van der Waals surface area contributed by atoms with Crippen molar-refractivity contribution in [3.63, 3.8) is 0 Å². The third kappa shape index (κ3) is 5.14. The predicted molar refractivity (Wildman–Crippen MR) is 60.4 cm³/mol. The van der Waals surface area contributed by atoms with Gasteiger partial charge in [0, 0.05) is 12.6 Å². The monoisotopic (exact) mass is 242 g/mol. The van der Waals surface area contributed by atoms with Crippen LogP contribution >= 0.6 is 12.4 Å². The molecule has 1 rings (SSSR count). The molecule has 1 aliphatic rings. The smallest absolute Gasteiger partial charge is 0.211 e. The molecule has 0 radical (unpaired) electrons. The van der Waals surface area contributed by atoms with Gasteiger partial charge in [-0.15, -0.1) is 12.4 Å². The van der Waals surface area contributed by atoms with Crippen molar-refractivity contribution >= 4 is 22.4 Å². The molecule has 0 aromatic rings. The normalized spacial score (nSPS) is 22.8. The molecular formula is C8H19ClN2O2S. The summed E-state index contributed by atoms with van der Waals surface area (Å²) in [7, 11) is -3.02. The Kier molecular flexibility index (Phi) is 6.68. The summed E-state index contributed by atoms with van der Waals surface area (Å²) in [5, 5.41) is 3.17. The lowest BCUT2D eigenvalue weighted by atomic mass is 10.1. The summed E-state index contributed by atoms with van der Waals surface area (Å²) in [5.41, 5.74) is 0. The molecule has 0 spiro atoms. The zero-order chi connectivity index (χ0) is 9.73. The highest BCUT2D eigenvalue weighted by atomic mass is 35.5. The number of nitrogens with one attached hydrogen (secondary N) is 2. The van der Waals surface area contributed by atoms with Crippen molar-refractivity contribution < 1.29 is 8.42 Å². The van der Waals surface area contributed by atoms with Crippen molar-refractivity contribution in [2.75, 3.05) is 18.8 Å². The van der Waals surface area contributed by atoms with Crippen molar-refractivity contribution in [3.05, 3.63) is 0 Å². The van der Waals surface area contributed by atoms with E-state index in [1.54, 1.807) is 0 Å². The van der Waals surface area contributed by atoms with E-state index in [-0.39, 0.29) is 24.2 Å². The van der Waals surface area contributed by atoms with Crippen LogP contribution in [0.5, 0.6) is 0 Å². The second kappa shape index (κ2) is 6.61. The Morgan fingerprint density at radius 2 is 2.21 bits per heavy atom. The molecule has 6 heteroatoms. The first-order valence-electron chi connectivity index (χ1n) is 4.85. The van der Waals surface area contributed by atoms with Crippen LogP contribution in [-0.4, -0.2) is 33.3 Å². The van der Waals surface area contributed by atoms with Crippen LogP contribution in [0.1, 0.15) is 26.2 Å². The van der Waals surface area contributed by atoms with Gasteiger partial charge in [-0.25, -0.2) is 13.1 Å². The van der Waals surface area contributed by atoms with Gasteiger partial charge in [0.25, 0.3) is 0 Å². The second-order valence-corrected chi connectivity index (χ2v) is 5.35. The topological polar surface area (TPSA) is 58.2 Å². The second-order valence-electron chi connectivity index (χ2n) is 3.48. The van der Waals surface area contributed by atoms with Crippen molar-refractivity contribution in [2.45, 2.75) is 32.2 Å². The molecule has 1 aliphatic heterocycles. The Bertz CT molecular complexity index is 238. The van der Waals surface area contributed by atoms with E-state index in [1.165, 1.54) is 0 Å². The van der Waals surface area contributed by atoms with Crippen LogP contribution in [0.3, 0.4) is 0 Å². The molecule has 1 fully saturated rings. The molecule has 4 nitrogen and oxygen atoms in total. The SMILES string of the molecule is CCCS(=O)(=O)N[C@H]1CCCNC1.Cl. The minimum absolute atomic E-state index is 0. The molecule has 0 aromatic carbocycles. The summed E-state index contributed by atoms with van der Waals surface area (Å²) in [4.78, 5) is 0. The van der Waals surface area contributed by atoms with Gasteiger partial charge in [-0.05, 0) is 25.8 Å². The zero-order valence-electron chi connectivity index (χ0n) is 8.45. The fourth-order valence-electron chi connectivity index (χ4n) is 1.53. The Morgan fingerprint density at radius 3 is 2.71 bits per heavy atom. The maximum Gasteiger partial charge on any atom is 0.211 e. The van der Waals surface area contributed by atoms with Crippen LogP contribution in [0.25, 0.3) is 0 Å². The third-order valence-electron chi connectivity index (χ3n) is 2.12. The quantitative estimate of drug-likeness (QED) is 0.755. The van der Waals surface area contributed by atoms with Gasteiger partial charge in [0.2, 0.25) is 10.0 Å². The van der Waals surface area contributed by atoms with Crippen LogP contribution in [-0.2, 0) is 10.0 Å². The van der Waals surface area contributed by atoms with Crippen LogP contribution < -0.4 is 10.0 Å². The lowest BCUT2D eigenvalue weighted by Crippen LogP contribution is -2.46.